The van der Waals surface area contributed by atoms with Crippen LogP contribution in [0.25, 0.3) is 0 Å². The summed E-state index contributed by atoms with van der Waals surface area (Å²) in [6.45, 7) is 4.32. The second kappa shape index (κ2) is 5.86. The minimum atomic E-state index is -1.09. The molecule has 0 aliphatic heterocycles. The zero-order valence-corrected chi connectivity index (χ0v) is 7.62. The number of nitrogens with two attached hydrogens (primary N) is 1. The van der Waals surface area contributed by atoms with Crippen LogP contribution in [-0.4, -0.2) is 9.96 Å². The maximum Gasteiger partial charge on any atom is 0.0888 e. The van der Waals surface area contributed by atoms with Crippen molar-refractivity contribution in [3.05, 3.63) is 0 Å². The molecule has 0 heterocycles. The molecule has 62 valence electrons. The molecule has 3 heteroatoms. The summed E-state index contributed by atoms with van der Waals surface area (Å²) < 4.78 is 10.5. The molecule has 1 atom stereocenters. The standard InChI is InChI=1S/C7H17NOS/c1-3-7(4-2)5-6-10(8)9/h7H,3-6,8H2,1-2H3. The van der Waals surface area contributed by atoms with Crippen LogP contribution < -0.4 is 5.14 Å². The zero-order chi connectivity index (χ0) is 7.98. The monoisotopic (exact) mass is 163 g/mol. The third kappa shape index (κ3) is 4.94. The number of hydrogen-bond acceptors (Lipinski definition) is 1. The molecule has 1 unspecified atom stereocenters. The normalized spacial score (nSPS) is 14.0. The molecule has 0 fully saturated rings. The van der Waals surface area contributed by atoms with Gasteiger partial charge in [-0.25, -0.2) is 4.21 Å². The van der Waals surface area contributed by atoms with Crippen LogP contribution in [0.1, 0.15) is 33.1 Å². The Morgan fingerprint density at radius 3 is 2.20 bits per heavy atom. The van der Waals surface area contributed by atoms with Crippen LogP contribution in [0.4, 0.5) is 0 Å². The van der Waals surface area contributed by atoms with Gasteiger partial charge in [0.05, 0.1) is 11.0 Å². The Bertz CT molecular complexity index is 102. The zero-order valence-electron chi connectivity index (χ0n) is 6.80. The van der Waals surface area contributed by atoms with E-state index in [9.17, 15) is 4.21 Å². The van der Waals surface area contributed by atoms with Gasteiger partial charge in [0.25, 0.3) is 0 Å². The molecule has 0 bridgehead atoms. The van der Waals surface area contributed by atoms with Gasteiger partial charge in [-0.3, -0.25) is 5.14 Å². The molecule has 2 nitrogen and oxygen atoms in total. The smallest absolute Gasteiger partial charge is 0.0888 e. The van der Waals surface area contributed by atoms with Crippen LogP contribution in [0, 0.1) is 5.92 Å². The molecule has 0 radical (unpaired) electrons. The van der Waals surface area contributed by atoms with E-state index in [1.54, 1.807) is 0 Å². The van der Waals surface area contributed by atoms with E-state index < -0.39 is 11.0 Å². The van der Waals surface area contributed by atoms with Crippen LogP contribution in [0.3, 0.4) is 0 Å². The molecule has 0 aliphatic rings. The summed E-state index contributed by atoms with van der Waals surface area (Å²) >= 11 is 0. The van der Waals surface area contributed by atoms with E-state index in [-0.39, 0.29) is 0 Å². The molecule has 0 aromatic carbocycles. The lowest BCUT2D eigenvalue weighted by Gasteiger charge is -2.09. The molecule has 0 spiro atoms. The molecule has 0 aromatic heterocycles. The highest BCUT2D eigenvalue weighted by Gasteiger charge is 2.03. The number of hydrogen-bond donors (Lipinski definition) is 1. The predicted molar refractivity (Wildman–Crippen MR) is 45.9 cm³/mol. The van der Waals surface area contributed by atoms with Crippen molar-refractivity contribution < 1.29 is 4.21 Å². The van der Waals surface area contributed by atoms with Gasteiger partial charge in [-0.05, 0) is 12.3 Å². The highest BCUT2D eigenvalue weighted by molar-refractivity contribution is 7.82. The molecule has 0 saturated heterocycles. The van der Waals surface area contributed by atoms with E-state index in [2.05, 4.69) is 13.8 Å². The van der Waals surface area contributed by atoms with Crippen molar-refractivity contribution in [2.45, 2.75) is 33.1 Å². The van der Waals surface area contributed by atoms with E-state index in [0.29, 0.717) is 11.7 Å². The van der Waals surface area contributed by atoms with Gasteiger partial charge in [0.1, 0.15) is 0 Å². The summed E-state index contributed by atoms with van der Waals surface area (Å²) in [5.41, 5.74) is 0. The van der Waals surface area contributed by atoms with Gasteiger partial charge in [-0.1, -0.05) is 26.7 Å². The molecule has 2 N–H and O–H groups in total. The van der Waals surface area contributed by atoms with Gasteiger partial charge in [-0.2, -0.15) is 0 Å². The largest absolute Gasteiger partial charge is 0.252 e. The minimum Gasteiger partial charge on any atom is -0.252 e. The van der Waals surface area contributed by atoms with Crippen LogP contribution >= 0.6 is 0 Å². The van der Waals surface area contributed by atoms with E-state index >= 15 is 0 Å². The van der Waals surface area contributed by atoms with Gasteiger partial charge < -0.3 is 0 Å². The Hall–Kier alpha value is 0.110. The maximum absolute atomic E-state index is 10.5. The van der Waals surface area contributed by atoms with Gasteiger partial charge in [-0.15, -0.1) is 0 Å². The van der Waals surface area contributed by atoms with Crippen molar-refractivity contribution in [3.63, 3.8) is 0 Å². The number of rotatable bonds is 5. The van der Waals surface area contributed by atoms with E-state index in [0.717, 1.165) is 6.42 Å². The fourth-order valence-electron chi connectivity index (χ4n) is 0.980. The lowest BCUT2D eigenvalue weighted by atomic mass is 10.0. The van der Waals surface area contributed by atoms with Gasteiger partial charge in [0.15, 0.2) is 0 Å². The molecule has 0 amide bonds. The third-order valence-electron chi connectivity index (χ3n) is 1.88. The molecule has 10 heavy (non-hydrogen) atoms. The van der Waals surface area contributed by atoms with Gasteiger partial charge in [0, 0.05) is 5.75 Å². The Morgan fingerprint density at radius 2 is 1.90 bits per heavy atom. The summed E-state index contributed by atoms with van der Waals surface area (Å²) in [7, 11) is -1.09. The predicted octanol–water partition coefficient (Wildman–Crippen LogP) is 1.44. The van der Waals surface area contributed by atoms with Crippen molar-refractivity contribution in [3.8, 4) is 0 Å². The van der Waals surface area contributed by atoms with E-state index in [1.165, 1.54) is 12.8 Å². The van der Waals surface area contributed by atoms with E-state index in [4.69, 9.17) is 5.14 Å². The Balaban J connectivity index is 3.34. The summed E-state index contributed by atoms with van der Waals surface area (Å²) in [6.07, 6.45) is 3.36. The average molecular weight is 163 g/mol. The lowest BCUT2D eigenvalue weighted by Crippen LogP contribution is -2.11. The first kappa shape index (κ1) is 10.1. The van der Waals surface area contributed by atoms with Crippen molar-refractivity contribution in [1.82, 2.24) is 0 Å². The van der Waals surface area contributed by atoms with Crippen LogP contribution in [0.15, 0.2) is 0 Å². The minimum absolute atomic E-state index is 0.659. The topological polar surface area (TPSA) is 43.1 Å². The summed E-state index contributed by atoms with van der Waals surface area (Å²) in [4.78, 5) is 0. The van der Waals surface area contributed by atoms with Crippen molar-refractivity contribution in [2.75, 3.05) is 5.75 Å². The first-order chi connectivity index (χ1) is 4.70. The molecule has 0 saturated carbocycles. The molecule has 0 rings (SSSR count). The summed E-state index contributed by atoms with van der Waals surface area (Å²) in [5, 5.41) is 5.12. The fourth-order valence-corrected chi connectivity index (χ4v) is 1.55. The van der Waals surface area contributed by atoms with Crippen molar-refractivity contribution in [1.29, 1.82) is 0 Å². The SMILES string of the molecule is CCC(CC)CCS(N)=O. The second-order valence-electron chi connectivity index (χ2n) is 2.56. The first-order valence-electron chi connectivity index (χ1n) is 3.83. The molecular weight excluding hydrogens is 146 g/mol. The highest BCUT2D eigenvalue weighted by atomic mass is 32.2. The third-order valence-corrected chi connectivity index (χ3v) is 2.52. The first-order valence-corrected chi connectivity index (χ1v) is 5.21. The van der Waals surface area contributed by atoms with Crippen molar-refractivity contribution >= 4 is 11.0 Å². The van der Waals surface area contributed by atoms with Gasteiger partial charge in [0.2, 0.25) is 0 Å². The molecule has 0 aliphatic carbocycles. The van der Waals surface area contributed by atoms with Crippen molar-refractivity contribution in [2.24, 2.45) is 11.1 Å². The fraction of sp³-hybridized carbons (Fsp3) is 1.00. The molecule has 0 aromatic rings. The summed E-state index contributed by atoms with van der Waals surface area (Å²) in [6, 6.07) is 0. The summed E-state index contributed by atoms with van der Waals surface area (Å²) in [5.74, 6) is 1.37. The second-order valence-corrected chi connectivity index (χ2v) is 3.73. The molecular formula is C7H17NOS. The highest BCUT2D eigenvalue weighted by Crippen LogP contribution is 2.11. The quantitative estimate of drug-likeness (QED) is 0.654. The van der Waals surface area contributed by atoms with Crippen LogP contribution in [0.2, 0.25) is 0 Å². The lowest BCUT2D eigenvalue weighted by molar-refractivity contribution is 0.479. The average Bonchev–Trinajstić information content (AvgIpc) is 1.90. The van der Waals surface area contributed by atoms with Crippen LogP contribution in [-0.2, 0) is 11.0 Å². The van der Waals surface area contributed by atoms with Crippen LogP contribution in [0.5, 0.6) is 0 Å². The Morgan fingerprint density at radius 1 is 1.40 bits per heavy atom. The van der Waals surface area contributed by atoms with E-state index in [1.807, 2.05) is 0 Å². The Labute approximate surface area is 65.8 Å². The Kier molecular flexibility index (Phi) is 5.93. The maximum atomic E-state index is 10.5. The van der Waals surface area contributed by atoms with Gasteiger partial charge >= 0.3 is 0 Å².